The third-order valence-corrected chi connectivity index (χ3v) is 4.94. The van der Waals surface area contributed by atoms with Gasteiger partial charge in [0.2, 0.25) is 0 Å². The molecule has 2 aromatic carbocycles. The molecule has 3 aromatic rings. The SMILES string of the molecule is CN(Cc1ccccc1)c1ccc(C(=O)N2CCc3ccccc3C2)nn1. The molecule has 1 aliphatic heterocycles. The van der Waals surface area contributed by atoms with Crippen LogP contribution in [0, 0.1) is 0 Å². The van der Waals surface area contributed by atoms with E-state index in [2.05, 4.69) is 34.5 Å². The third-order valence-electron chi connectivity index (χ3n) is 4.94. The number of aromatic nitrogens is 2. The minimum Gasteiger partial charge on any atom is -0.354 e. The van der Waals surface area contributed by atoms with Gasteiger partial charge in [0.1, 0.15) is 0 Å². The normalized spacial score (nSPS) is 13.1. The monoisotopic (exact) mass is 358 g/mol. The van der Waals surface area contributed by atoms with Crippen LogP contribution in [0.15, 0.2) is 66.7 Å². The van der Waals surface area contributed by atoms with Gasteiger partial charge in [0.25, 0.3) is 5.91 Å². The first-order valence-electron chi connectivity index (χ1n) is 9.15. The summed E-state index contributed by atoms with van der Waals surface area (Å²) in [5.74, 6) is 0.689. The Labute approximate surface area is 159 Å². The molecule has 136 valence electrons. The summed E-state index contributed by atoms with van der Waals surface area (Å²) < 4.78 is 0. The minimum atomic E-state index is -0.0609. The van der Waals surface area contributed by atoms with E-state index < -0.39 is 0 Å². The molecule has 0 unspecified atom stereocenters. The van der Waals surface area contributed by atoms with E-state index in [0.29, 0.717) is 18.8 Å². The Bertz CT molecular complexity index is 925. The molecule has 0 fully saturated rings. The lowest BCUT2D eigenvalue weighted by atomic mass is 10.00. The zero-order valence-corrected chi connectivity index (χ0v) is 15.4. The number of fused-ring (bicyclic) bond motifs is 1. The summed E-state index contributed by atoms with van der Waals surface area (Å²) in [5.41, 5.74) is 4.13. The molecule has 0 atom stereocenters. The Morgan fingerprint density at radius 2 is 1.70 bits per heavy atom. The maximum Gasteiger partial charge on any atom is 0.274 e. The Kier molecular flexibility index (Phi) is 4.83. The van der Waals surface area contributed by atoms with Gasteiger partial charge >= 0.3 is 0 Å². The summed E-state index contributed by atoms with van der Waals surface area (Å²) in [6.07, 6.45) is 0.882. The highest BCUT2D eigenvalue weighted by Gasteiger charge is 2.22. The minimum absolute atomic E-state index is 0.0609. The lowest BCUT2D eigenvalue weighted by molar-refractivity contribution is 0.0727. The average Bonchev–Trinajstić information content (AvgIpc) is 2.73. The lowest BCUT2D eigenvalue weighted by Crippen LogP contribution is -2.36. The van der Waals surface area contributed by atoms with Crippen LogP contribution in [0.2, 0.25) is 0 Å². The van der Waals surface area contributed by atoms with Crippen molar-refractivity contribution in [2.75, 3.05) is 18.5 Å². The van der Waals surface area contributed by atoms with Gasteiger partial charge in [-0.3, -0.25) is 4.79 Å². The summed E-state index contributed by atoms with van der Waals surface area (Å²) in [5, 5.41) is 8.45. The maximum atomic E-state index is 12.8. The van der Waals surface area contributed by atoms with Crippen molar-refractivity contribution in [2.24, 2.45) is 0 Å². The fraction of sp³-hybridized carbons (Fsp3) is 0.227. The first-order chi connectivity index (χ1) is 13.2. The van der Waals surface area contributed by atoms with Crippen LogP contribution in [0.5, 0.6) is 0 Å². The fourth-order valence-electron chi connectivity index (χ4n) is 3.41. The second-order valence-electron chi connectivity index (χ2n) is 6.86. The second kappa shape index (κ2) is 7.58. The van der Waals surface area contributed by atoms with Gasteiger partial charge in [-0.2, -0.15) is 0 Å². The molecule has 2 heterocycles. The van der Waals surface area contributed by atoms with Crippen molar-refractivity contribution < 1.29 is 4.79 Å². The van der Waals surface area contributed by atoms with Crippen LogP contribution in [0.25, 0.3) is 0 Å². The highest BCUT2D eigenvalue weighted by molar-refractivity contribution is 5.92. The molecule has 5 heteroatoms. The van der Waals surface area contributed by atoms with E-state index in [1.165, 1.54) is 16.7 Å². The fourth-order valence-corrected chi connectivity index (χ4v) is 3.41. The highest BCUT2D eigenvalue weighted by Crippen LogP contribution is 2.20. The average molecular weight is 358 g/mol. The molecule has 27 heavy (non-hydrogen) atoms. The van der Waals surface area contributed by atoms with Crippen LogP contribution >= 0.6 is 0 Å². The number of amides is 1. The molecule has 4 rings (SSSR count). The van der Waals surface area contributed by atoms with Gasteiger partial charge < -0.3 is 9.80 Å². The molecule has 0 aliphatic carbocycles. The van der Waals surface area contributed by atoms with Gasteiger partial charge in [-0.05, 0) is 35.2 Å². The van der Waals surface area contributed by atoms with Gasteiger partial charge in [0.05, 0.1) is 0 Å². The Morgan fingerprint density at radius 1 is 0.963 bits per heavy atom. The Balaban J connectivity index is 1.43. The van der Waals surface area contributed by atoms with Crippen molar-refractivity contribution in [3.05, 3.63) is 89.1 Å². The topological polar surface area (TPSA) is 49.3 Å². The van der Waals surface area contributed by atoms with E-state index in [1.54, 1.807) is 6.07 Å². The van der Waals surface area contributed by atoms with Crippen molar-refractivity contribution >= 4 is 11.7 Å². The Hall–Kier alpha value is -3.21. The van der Waals surface area contributed by atoms with E-state index in [9.17, 15) is 4.79 Å². The molecular formula is C22H22N4O. The van der Waals surface area contributed by atoms with Crippen molar-refractivity contribution in [3.63, 3.8) is 0 Å². The number of hydrogen-bond acceptors (Lipinski definition) is 4. The van der Waals surface area contributed by atoms with E-state index in [0.717, 1.165) is 18.8 Å². The van der Waals surface area contributed by atoms with Crippen LogP contribution < -0.4 is 4.90 Å². The smallest absolute Gasteiger partial charge is 0.274 e. The zero-order chi connectivity index (χ0) is 18.6. The largest absolute Gasteiger partial charge is 0.354 e. The zero-order valence-electron chi connectivity index (χ0n) is 15.4. The maximum absolute atomic E-state index is 12.8. The van der Waals surface area contributed by atoms with E-state index in [-0.39, 0.29) is 5.91 Å². The molecular weight excluding hydrogens is 336 g/mol. The molecule has 1 aromatic heterocycles. The summed E-state index contributed by atoms with van der Waals surface area (Å²) in [6.45, 7) is 2.09. The standard InChI is InChI=1S/C22H22N4O/c1-25(15-17-7-3-2-4-8-17)21-12-11-20(23-24-21)22(27)26-14-13-18-9-5-6-10-19(18)16-26/h2-12H,13-16H2,1H3. The predicted molar refractivity (Wildman–Crippen MR) is 105 cm³/mol. The van der Waals surface area contributed by atoms with Crippen molar-refractivity contribution in [3.8, 4) is 0 Å². The van der Waals surface area contributed by atoms with Crippen molar-refractivity contribution in [2.45, 2.75) is 19.5 Å². The molecule has 5 nitrogen and oxygen atoms in total. The molecule has 0 radical (unpaired) electrons. The van der Waals surface area contributed by atoms with Crippen LogP contribution in [0.4, 0.5) is 5.82 Å². The number of nitrogens with zero attached hydrogens (tertiary/aromatic N) is 4. The van der Waals surface area contributed by atoms with E-state index in [1.807, 2.05) is 53.2 Å². The predicted octanol–water partition coefficient (Wildman–Crippen LogP) is 3.31. The lowest BCUT2D eigenvalue weighted by Gasteiger charge is -2.28. The van der Waals surface area contributed by atoms with E-state index >= 15 is 0 Å². The van der Waals surface area contributed by atoms with Crippen molar-refractivity contribution in [1.82, 2.24) is 15.1 Å². The third kappa shape index (κ3) is 3.82. The van der Waals surface area contributed by atoms with Crippen LogP contribution in [-0.4, -0.2) is 34.6 Å². The van der Waals surface area contributed by atoms with Gasteiger partial charge in [-0.15, -0.1) is 10.2 Å². The van der Waals surface area contributed by atoms with Crippen LogP contribution in [0.3, 0.4) is 0 Å². The van der Waals surface area contributed by atoms with Crippen molar-refractivity contribution in [1.29, 1.82) is 0 Å². The summed E-state index contributed by atoms with van der Waals surface area (Å²) >= 11 is 0. The van der Waals surface area contributed by atoms with Gasteiger partial charge in [0, 0.05) is 26.7 Å². The first-order valence-corrected chi connectivity index (χ1v) is 9.15. The van der Waals surface area contributed by atoms with Gasteiger partial charge in [0.15, 0.2) is 11.5 Å². The summed E-state index contributed by atoms with van der Waals surface area (Å²) in [6, 6.07) is 22.1. The van der Waals surface area contributed by atoms with Gasteiger partial charge in [-0.25, -0.2) is 0 Å². The molecule has 0 spiro atoms. The Morgan fingerprint density at radius 3 is 2.44 bits per heavy atom. The van der Waals surface area contributed by atoms with Gasteiger partial charge in [-0.1, -0.05) is 54.6 Å². The highest BCUT2D eigenvalue weighted by atomic mass is 16.2. The van der Waals surface area contributed by atoms with E-state index in [4.69, 9.17) is 0 Å². The number of carbonyl (C=O) groups is 1. The molecule has 0 N–H and O–H groups in total. The first kappa shape index (κ1) is 17.2. The van der Waals surface area contributed by atoms with Crippen LogP contribution in [0.1, 0.15) is 27.2 Å². The number of rotatable bonds is 4. The van der Waals surface area contributed by atoms with Crippen LogP contribution in [-0.2, 0) is 19.5 Å². The number of benzene rings is 2. The number of anilines is 1. The molecule has 1 aliphatic rings. The number of carbonyl (C=O) groups excluding carboxylic acids is 1. The summed E-state index contributed by atoms with van der Waals surface area (Å²) in [4.78, 5) is 16.7. The number of hydrogen-bond donors (Lipinski definition) is 0. The molecule has 0 bridgehead atoms. The molecule has 1 amide bonds. The summed E-state index contributed by atoms with van der Waals surface area (Å²) in [7, 11) is 1.97. The second-order valence-corrected chi connectivity index (χ2v) is 6.86. The molecule has 0 saturated carbocycles. The quantitative estimate of drug-likeness (QED) is 0.718. The molecule has 0 saturated heterocycles.